The van der Waals surface area contributed by atoms with E-state index in [9.17, 15) is 13.2 Å². The smallest absolute Gasteiger partial charge is 0.244 e. The minimum absolute atomic E-state index is 0.0146. The maximum Gasteiger partial charge on any atom is 0.244 e. The molecule has 2 heterocycles. The third-order valence-electron chi connectivity index (χ3n) is 5.68. The Kier molecular flexibility index (Phi) is 6.50. The third kappa shape index (κ3) is 4.79. The molecule has 2 aromatic carbocycles. The third-order valence-corrected chi connectivity index (χ3v) is 7.99. The van der Waals surface area contributed by atoms with Crippen molar-refractivity contribution in [3.8, 4) is 17.2 Å². The number of hydrogen-bond acceptors (Lipinski definition) is 6. The molecule has 2 N–H and O–H groups in total. The minimum atomic E-state index is -3.96. The maximum atomic E-state index is 13.5. The first-order valence-electron chi connectivity index (χ1n) is 10.3. The number of hydrogen-bond donors (Lipinski definition) is 1. The summed E-state index contributed by atoms with van der Waals surface area (Å²) in [5.41, 5.74) is 4.79. The quantitative estimate of drug-likeness (QED) is 0.652. The molecule has 4 rings (SSSR count). The van der Waals surface area contributed by atoms with E-state index in [0.717, 1.165) is 0 Å². The van der Waals surface area contributed by atoms with Gasteiger partial charge in [0.1, 0.15) is 23.9 Å². The van der Waals surface area contributed by atoms with Crippen LogP contribution in [0.4, 0.5) is 0 Å². The van der Waals surface area contributed by atoms with Gasteiger partial charge in [0.2, 0.25) is 15.9 Å². The SMILES string of the molecule is NC(=O)C[C@]1(COc2ccccc2)CCCN(S(=O)(=O)c2cc3c(cc2Cl)OCCO3)C1. The van der Waals surface area contributed by atoms with E-state index in [1.165, 1.54) is 16.4 Å². The molecule has 0 aliphatic carbocycles. The summed E-state index contributed by atoms with van der Waals surface area (Å²) in [5.74, 6) is 0.898. The van der Waals surface area contributed by atoms with Gasteiger partial charge in [-0.15, -0.1) is 0 Å². The number of nitrogens with zero attached hydrogens (tertiary/aromatic N) is 1. The molecule has 8 nitrogen and oxygen atoms in total. The van der Waals surface area contributed by atoms with E-state index in [4.69, 9.17) is 31.5 Å². The number of para-hydroxylation sites is 1. The lowest BCUT2D eigenvalue weighted by Crippen LogP contribution is -2.50. The molecule has 0 unspecified atom stereocenters. The van der Waals surface area contributed by atoms with Gasteiger partial charge in [-0.25, -0.2) is 8.42 Å². The molecule has 32 heavy (non-hydrogen) atoms. The average molecular weight is 481 g/mol. The molecule has 172 valence electrons. The first-order chi connectivity index (χ1) is 15.3. The van der Waals surface area contributed by atoms with Gasteiger partial charge in [0.25, 0.3) is 0 Å². The Morgan fingerprint density at radius 1 is 1.16 bits per heavy atom. The van der Waals surface area contributed by atoms with E-state index in [1.807, 2.05) is 30.3 Å². The zero-order chi connectivity index (χ0) is 22.8. The number of nitrogens with two attached hydrogens (primary N) is 1. The van der Waals surface area contributed by atoms with Gasteiger partial charge in [-0.3, -0.25) is 4.79 Å². The molecule has 0 spiro atoms. The van der Waals surface area contributed by atoms with Gasteiger partial charge in [-0.2, -0.15) is 4.31 Å². The van der Waals surface area contributed by atoms with Gasteiger partial charge in [0.05, 0.1) is 11.6 Å². The number of rotatable bonds is 7. The summed E-state index contributed by atoms with van der Waals surface area (Å²) < 4.78 is 45.4. The van der Waals surface area contributed by atoms with E-state index in [-0.39, 0.29) is 29.5 Å². The fourth-order valence-electron chi connectivity index (χ4n) is 4.19. The molecule has 2 aromatic rings. The van der Waals surface area contributed by atoms with Crippen LogP contribution in [0, 0.1) is 5.41 Å². The number of carbonyl (C=O) groups is 1. The van der Waals surface area contributed by atoms with Crippen molar-refractivity contribution < 1.29 is 27.4 Å². The van der Waals surface area contributed by atoms with Crippen LogP contribution in [0.15, 0.2) is 47.4 Å². The fraction of sp³-hybridized carbons (Fsp3) is 0.409. The van der Waals surface area contributed by atoms with E-state index in [2.05, 4.69) is 0 Å². The highest BCUT2D eigenvalue weighted by molar-refractivity contribution is 7.89. The predicted molar refractivity (Wildman–Crippen MR) is 119 cm³/mol. The summed E-state index contributed by atoms with van der Waals surface area (Å²) in [4.78, 5) is 11.8. The second-order valence-electron chi connectivity index (χ2n) is 8.11. The van der Waals surface area contributed by atoms with Crippen molar-refractivity contribution in [2.24, 2.45) is 11.1 Å². The molecule has 10 heteroatoms. The van der Waals surface area contributed by atoms with Crippen LogP contribution >= 0.6 is 11.6 Å². The maximum absolute atomic E-state index is 13.5. The molecule has 1 amide bonds. The lowest BCUT2D eigenvalue weighted by molar-refractivity contribution is -0.121. The summed E-state index contributed by atoms with van der Waals surface area (Å²) in [6.45, 7) is 1.27. The Balaban J connectivity index is 1.61. The lowest BCUT2D eigenvalue weighted by atomic mass is 9.78. The average Bonchev–Trinajstić information content (AvgIpc) is 2.77. The number of benzene rings is 2. The summed E-state index contributed by atoms with van der Waals surface area (Å²) in [7, 11) is -3.96. The Morgan fingerprint density at radius 2 is 1.84 bits per heavy atom. The van der Waals surface area contributed by atoms with Crippen LogP contribution in [0.1, 0.15) is 19.3 Å². The standard InChI is InChI=1S/C22H25ClN2O6S/c23-17-11-18-19(30-10-9-29-18)12-20(17)32(27,28)25-8-4-7-22(14-25,13-21(24)26)15-31-16-5-2-1-3-6-16/h1-3,5-6,11-12H,4,7-10,13-15H2,(H2,24,26)/t22-/m1/s1. The monoisotopic (exact) mass is 480 g/mol. The van der Waals surface area contributed by atoms with Crippen molar-refractivity contribution >= 4 is 27.5 Å². The zero-order valence-corrected chi connectivity index (χ0v) is 19.0. The summed E-state index contributed by atoms with van der Waals surface area (Å²) in [5, 5.41) is 0.0564. The van der Waals surface area contributed by atoms with Crippen molar-refractivity contribution in [1.29, 1.82) is 0 Å². The number of halogens is 1. The van der Waals surface area contributed by atoms with Crippen LogP contribution in [-0.4, -0.2) is 51.5 Å². The Bertz CT molecular complexity index is 1100. The van der Waals surface area contributed by atoms with Crippen molar-refractivity contribution in [3.05, 3.63) is 47.5 Å². The number of ether oxygens (including phenoxy) is 3. The fourth-order valence-corrected chi connectivity index (χ4v) is 6.28. The topological polar surface area (TPSA) is 108 Å². The second-order valence-corrected chi connectivity index (χ2v) is 10.4. The van der Waals surface area contributed by atoms with Gasteiger partial charge in [0, 0.05) is 37.1 Å². The molecular formula is C22H25ClN2O6S. The van der Waals surface area contributed by atoms with Crippen LogP contribution in [0.3, 0.4) is 0 Å². The van der Waals surface area contributed by atoms with Crippen molar-refractivity contribution in [2.75, 3.05) is 32.9 Å². The molecule has 1 saturated heterocycles. The van der Waals surface area contributed by atoms with Gasteiger partial charge in [-0.05, 0) is 25.0 Å². The zero-order valence-electron chi connectivity index (χ0n) is 17.5. The first-order valence-corrected chi connectivity index (χ1v) is 12.2. The first kappa shape index (κ1) is 22.7. The van der Waals surface area contributed by atoms with Crippen LogP contribution in [-0.2, 0) is 14.8 Å². The molecule has 2 aliphatic heterocycles. The number of fused-ring (bicyclic) bond motifs is 1. The Morgan fingerprint density at radius 3 is 2.53 bits per heavy atom. The molecule has 2 aliphatic rings. The minimum Gasteiger partial charge on any atom is -0.493 e. The normalized spacial score (nSPS) is 21.2. The number of amides is 1. The summed E-state index contributed by atoms with van der Waals surface area (Å²) >= 11 is 6.32. The van der Waals surface area contributed by atoms with Gasteiger partial charge < -0.3 is 19.9 Å². The molecule has 1 atom stereocenters. The molecule has 0 bridgehead atoms. The van der Waals surface area contributed by atoms with Crippen LogP contribution in [0.2, 0.25) is 5.02 Å². The Hall–Kier alpha value is -2.49. The molecule has 0 aromatic heterocycles. The highest BCUT2D eigenvalue weighted by Crippen LogP contribution is 2.41. The van der Waals surface area contributed by atoms with Crippen LogP contribution in [0.25, 0.3) is 0 Å². The van der Waals surface area contributed by atoms with Gasteiger partial charge in [0.15, 0.2) is 11.5 Å². The molecular weight excluding hydrogens is 456 g/mol. The van der Waals surface area contributed by atoms with Crippen molar-refractivity contribution in [1.82, 2.24) is 4.31 Å². The number of sulfonamides is 1. The number of carbonyl (C=O) groups excluding carboxylic acids is 1. The molecule has 0 radical (unpaired) electrons. The van der Waals surface area contributed by atoms with Crippen molar-refractivity contribution in [2.45, 2.75) is 24.2 Å². The van der Waals surface area contributed by atoms with E-state index in [0.29, 0.717) is 49.8 Å². The lowest BCUT2D eigenvalue weighted by Gasteiger charge is -2.41. The number of piperidine rings is 1. The molecule has 1 fully saturated rings. The summed E-state index contributed by atoms with van der Waals surface area (Å²) in [6.07, 6.45) is 1.19. The summed E-state index contributed by atoms with van der Waals surface area (Å²) in [6, 6.07) is 12.0. The van der Waals surface area contributed by atoms with Crippen LogP contribution < -0.4 is 19.9 Å². The van der Waals surface area contributed by atoms with Crippen molar-refractivity contribution in [3.63, 3.8) is 0 Å². The van der Waals surface area contributed by atoms with Crippen LogP contribution in [0.5, 0.6) is 17.2 Å². The van der Waals surface area contributed by atoms with E-state index < -0.39 is 21.3 Å². The highest BCUT2D eigenvalue weighted by atomic mass is 35.5. The second kappa shape index (κ2) is 9.17. The number of primary amides is 1. The Labute approximate surface area is 192 Å². The highest BCUT2D eigenvalue weighted by Gasteiger charge is 2.42. The van der Waals surface area contributed by atoms with E-state index >= 15 is 0 Å². The van der Waals surface area contributed by atoms with Gasteiger partial charge >= 0.3 is 0 Å². The molecule has 0 saturated carbocycles. The van der Waals surface area contributed by atoms with E-state index in [1.54, 1.807) is 0 Å². The van der Waals surface area contributed by atoms with Gasteiger partial charge in [-0.1, -0.05) is 29.8 Å². The largest absolute Gasteiger partial charge is 0.493 e. The predicted octanol–water partition coefficient (Wildman–Crippen LogP) is 2.84.